The van der Waals surface area contributed by atoms with E-state index in [2.05, 4.69) is 5.32 Å². The van der Waals surface area contributed by atoms with Crippen LogP contribution in [0.4, 0.5) is 0 Å². The number of hydrogen-bond acceptors (Lipinski definition) is 4. The fourth-order valence-corrected chi connectivity index (χ4v) is 2.21. The quantitative estimate of drug-likeness (QED) is 0.685. The normalized spacial score (nSPS) is 11.0. The van der Waals surface area contributed by atoms with Crippen LogP contribution in [-0.4, -0.2) is 37.7 Å². The van der Waals surface area contributed by atoms with Crippen molar-refractivity contribution in [2.75, 3.05) is 20.8 Å². The molecule has 1 rings (SSSR count). The van der Waals surface area contributed by atoms with Crippen molar-refractivity contribution in [3.05, 3.63) is 23.8 Å². The summed E-state index contributed by atoms with van der Waals surface area (Å²) in [4.78, 5) is 22.8. The smallest absolute Gasteiger partial charge is 0.309 e. The number of ether oxygens (including phenoxy) is 2. The molecule has 24 heavy (non-hydrogen) atoms. The van der Waals surface area contributed by atoms with E-state index in [-0.39, 0.29) is 5.91 Å². The van der Waals surface area contributed by atoms with E-state index in [4.69, 9.17) is 14.6 Å². The predicted molar refractivity (Wildman–Crippen MR) is 91.5 cm³/mol. The molecule has 0 radical (unpaired) electrons. The van der Waals surface area contributed by atoms with E-state index in [1.807, 2.05) is 18.2 Å². The second-order valence-corrected chi connectivity index (χ2v) is 6.32. The van der Waals surface area contributed by atoms with Crippen molar-refractivity contribution in [3.63, 3.8) is 0 Å². The molecule has 1 amide bonds. The third kappa shape index (κ3) is 6.10. The van der Waals surface area contributed by atoms with Gasteiger partial charge in [-0.1, -0.05) is 6.07 Å². The van der Waals surface area contributed by atoms with Gasteiger partial charge in [0.05, 0.1) is 19.6 Å². The number of nitrogens with one attached hydrogen (secondary N) is 1. The second kappa shape index (κ2) is 9.15. The van der Waals surface area contributed by atoms with Crippen molar-refractivity contribution in [3.8, 4) is 11.5 Å². The monoisotopic (exact) mass is 337 g/mol. The molecule has 1 aromatic carbocycles. The number of aryl methyl sites for hydroxylation is 1. The topological polar surface area (TPSA) is 84.9 Å². The van der Waals surface area contributed by atoms with Gasteiger partial charge in [-0.3, -0.25) is 9.59 Å². The fourth-order valence-electron chi connectivity index (χ4n) is 2.21. The summed E-state index contributed by atoms with van der Waals surface area (Å²) >= 11 is 0. The first-order valence-corrected chi connectivity index (χ1v) is 8.01. The maximum Gasteiger partial charge on any atom is 0.309 e. The van der Waals surface area contributed by atoms with Crippen molar-refractivity contribution < 1.29 is 24.2 Å². The standard InChI is InChI=1S/C18H27NO5/c1-18(2,17(21)22)10-11-19-16(20)7-5-6-13-8-9-14(23-3)12-15(13)24-4/h8-9,12H,5-7,10-11H2,1-4H3,(H,19,20)(H,21,22). The van der Waals surface area contributed by atoms with E-state index in [9.17, 15) is 9.59 Å². The Kier molecular flexibility index (Phi) is 7.55. The minimum atomic E-state index is -0.858. The Morgan fingerprint density at radius 2 is 1.92 bits per heavy atom. The summed E-state index contributed by atoms with van der Waals surface area (Å²) in [5.41, 5.74) is 0.196. The van der Waals surface area contributed by atoms with E-state index < -0.39 is 11.4 Å². The lowest BCUT2D eigenvalue weighted by atomic mass is 9.90. The molecule has 0 unspecified atom stereocenters. The third-order valence-corrected chi connectivity index (χ3v) is 4.00. The lowest BCUT2D eigenvalue weighted by Gasteiger charge is -2.18. The summed E-state index contributed by atoms with van der Waals surface area (Å²) in [5, 5.41) is 11.8. The molecule has 0 atom stereocenters. The minimum absolute atomic E-state index is 0.0660. The Hall–Kier alpha value is -2.24. The molecule has 0 spiro atoms. The van der Waals surface area contributed by atoms with E-state index in [1.165, 1.54) is 0 Å². The Morgan fingerprint density at radius 1 is 1.21 bits per heavy atom. The number of rotatable bonds is 10. The van der Waals surface area contributed by atoms with Gasteiger partial charge in [0.2, 0.25) is 5.91 Å². The van der Waals surface area contributed by atoms with Crippen LogP contribution in [0.2, 0.25) is 0 Å². The highest BCUT2D eigenvalue weighted by atomic mass is 16.5. The summed E-state index contributed by atoms with van der Waals surface area (Å²) < 4.78 is 10.5. The van der Waals surface area contributed by atoms with Crippen LogP contribution in [0.3, 0.4) is 0 Å². The average Bonchev–Trinajstić information content (AvgIpc) is 2.54. The van der Waals surface area contributed by atoms with Crippen molar-refractivity contribution >= 4 is 11.9 Å². The highest BCUT2D eigenvalue weighted by Crippen LogP contribution is 2.25. The number of amides is 1. The first-order valence-electron chi connectivity index (χ1n) is 8.01. The molecule has 0 aliphatic rings. The van der Waals surface area contributed by atoms with Gasteiger partial charge in [0, 0.05) is 19.0 Å². The average molecular weight is 337 g/mol. The summed E-state index contributed by atoms with van der Waals surface area (Å²) in [6.45, 7) is 3.67. The molecule has 6 heteroatoms. The van der Waals surface area contributed by atoms with Crippen LogP contribution in [0.25, 0.3) is 0 Å². The number of carboxylic acids is 1. The van der Waals surface area contributed by atoms with Crippen LogP contribution in [0.15, 0.2) is 18.2 Å². The zero-order valence-electron chi connectivity index (χ0n) is 14.8. The molecule has 134 valence electrons. The van der Waals surface area contributed by atoms with Gasteiger partial charge in [-0.15, -0.1) is 0 Å². The Morgan fingerprint density at radius 3 is 2.50 bits per heavy atom. The van der Waals surface area contributed by atoms with Crippen LogP contribution >= 0.6 is 0 Å². The zero-order valence-corrected chi connectivity index (χ0v) is 14.8. The molecule has 0 aromatic heterocycles. The SMILES string of the molecule is COc1ccc(CCCC(=O)NCCC(C)(C)C(=O)O)c(OC)c1. The predicted octanol–water partition coefficient (Wildman–Crippen LogP) is 2.64. The van der Waals surface area contributed by atoms with Gasteiger partial charge in [0.15, 0.2) is 0 Å². The van der Waals surface area contributed by atoms with Gasteiger partial charge in [-0.05, 0) is 44.7 Å². The molecule has 0 saturated carbocycles. The molecule has 0 fully saturated rings. The first-order chi connectivity index (χ1) is 11.3. The van der Waals surface area contributed by atoms with Gasteiger partial charge in [0.25, 0.3) is 0 Å². The first kappa shape index (κ1) is 19.8. The molecule has 0 saturated heterocycles. The van der Waals surface area contributed by atoms with Crippen LogP contribution in [0.5, 0.6) is 11.5 Å². The van der Waals surface area contributed by atoms with Gasteiger partial charge >= 0.3 is 5.97 Å². The van der Waals surface area contributed by atoms with Gasteiger partial charge < -0.3 is 19.9 Å². The molecular weight excluding hydrogens is 310 g/mol. The largest absolute Gasteiger partial charge is 0.497 e. The minimum Gasteiger partial charge on any atom is -0.497 e. The van der Waals surface area contributed by atoms with Crippen molar-refractivity contribution in [2.45, 2.75) is 39.5 Å². The molecule has 2 N–H and O–H groups in total. The zero-order chi connectivity index (χ0) is 18.2. The fraction of sp³-hybridized carbons (Fsp3) is 0.556. The molecule has 1 aromatic rings. The summed E-state index contributed by atoms with van der Waals surface area (Å²) in [6.07, 6.45) is 2.21. The molecule has 0 aliphatic heterocycles. The van der Waals surface area contributed by atoms with Crippen LogP contribution in [-0.2, 0) is 16.0 Å². The van der Waals surface area contributed by atoms with Gasteiger partial charge in [0.1, 0.15) is 11.5 Å². The number of hydrogen-bond donors (Lipinski definition) is 2. The van der Waals surface area contributed by atoms with Crippen LogP contribution < -0.4 is 14.8 Å². The van der Waals surface area contributed by atoms with Crippen molar-refractivity contribution in [2.24, 2.45) is 5.41 Å². The molecule has 0 bridgehead atoms. The van der Waals surface area contributed by atoms with Crippen molar-refractivity contribution in [1.29, 1.82) is 0 Å². The molecular formula is C18H27NO5. The molecule has 6 nitrogen and oxygen atoms in total. The summed E-state index contributed by atoms with van der Waals surface area (Å²) in [5.74, 6) is 0.555. The highest BCUT2D eigenvalue weighted by molar-refractivity contribution is 5.76. The highest BCUT2D eigenvalue weighted by Gasteiger charge is 2.26. The van der Waals surface area contributed by atoms with E-state index in [1.54, 1.807) is 28.1 Å². The van der Waals surface area contributed by atoms with E-state index >= 15 is 0 Å². The Bertz CT molecular complexity index is 569. The molecule has 0 aliphatic carbocycles. The maximum atomic E-state index is 11.8. The number of carbonyl (C=O) groups excluding carboxylic acids is 1. The van der Waals surface area contributed by atoms with Crippen LogP contribution in [0, 0.1) is 5.41 Å². The molecule has 0 heterocycles. The number of aliphatic carboxylic acids is 1. The maximum absolute atomic E-state index is 11.8. The van der Waals surface area contributed by atoms with E-state index in [0.717, 1.165) is 23.5 Å². The van der Waals surface area contributed by atoms with Gasteiger partial charge in [-0.25, -0.2) is 0 Å². The summed E-state index contributed by atoms with van der Waals surface area (Å²) in [7, 11) is 3.21. The van der Waals surface area contributed by atoms with E-state index in [0.29, 0.717) is 25.8 Å². The Balaban J connectivity index is 2.37. The number of benzene rings is 1. The van der Waals surface area contributed by atoms with Crippen LogP contribution in [0.1, 0.15) is 38.7 Å². The van der Waals surface area contributed by atoms with Gasteiger partial charge in [-0.2, -0.15) is 0 Å². The number of methoxy groups -OCH3 is 2. The number of carbonyl (C=O) groups is 2. The third-order valence-electron chi connectivity index (χ3n) is 4.00. The van der Waals surface area contributed by atoms with Crippen molar-refractivity contribution in [1.82, 2.24) is 5.32 Å². The lowest BCUT2D eigenvalue weighted by molar-refractivity contribution is -0.147. The lowest BCUT2D eigenvalue weighted by Crippen LogP contribution is -2.31. The Labute approximate surface area is 143 Å². The summed E-state index contributed by atoms with van der Waals surface area (Å²) in [6, 6.07) is 5.63. The number of carboxylic acid groups (broad SMARTS) is 1. The second-order valence-electron chi connectivity index (χ2n) is 6.32.